The van der Waals surface area contributed by atoms with Gasteiger partial charge in [-0.1, -0.05) is 19.8 Å². The van der Waals surface area contributed by atoms with Crippen LogP contribution in [0, 0.1) is 5.92 Å². The van der Waals surface area contributed by atoms with Gasteiger partial charge in [0.25, 0.3) is 0 Å². The van der Waals surface area contributed by atoms with Gasteiger partial charge in [-0.15, -0.1) is 0 Å². The minimum absolute atomic E-state index is 0.370. The normalized spacial score (nSPS) is 28.8. The zero-order chi connectivity index (χ0) is 14.4. The van der Waals surface area contributed by atoms with Gasteiger partial charge in [0, 0.05) is 25.7 Å². The van der Waals surface area contributed by atoms with E-state index in [2.05, 4.69) is 24.2 Å². The predicted octanol–water partition coefficient (Wildman–Crippen LogP) is 1.63. The van der Waals surface area contributed by atoms with Gasteiger partial charge in [-0.05, 0) is 38.6 Å². The summed E-state index contributed by atoms with van der Waals surface area (Å²) in [5.41, 5.74) is 0. The molecule has 2 aliphatic carbocycles. The smallest absolute Gasteiger partial charge is 0.0897 e. The largest absolute Gasteiger partial charge is 0.389 e. The van der Waals surface area contributed by atoms with E-state index in [0.717, 1.165) is 37.9 Å². The Hall–Kier alpha value is -0.160. The monoisotopic (exact) mass is 284 g/mol. The average molecular weight is 284 g/mol. The van der Waals surface area contributed by atoms with E-state index in [4.69, 9.17) is 4.74 Å². The SMILES string of the molecule is CC1CCCC(OCC(O)CNCCN(C)C2CC2)C1. The summed E-state index contributed by atoms with van der Waals surface area (Å²) < 4.78 is 5.84. The molecule has 2 rings (SSSR count). The van der Waals surface area contributed by atoms with Crippen LogP contribution in [0.25, 0.3) is 0 Å². The van der Waals surface area contributed by atoms with E-state index in [-0.39, 0.29) is 6.10 Å². The molecule has 20 heavy (non-hydrogen) atoms. The summed E-state index contributed by atoms with van der Waals surface area (Å²) in [5.74, 6) is 0.780. The molecule has 3 unspecified atom stereocenters. The molecule has 0 aromatic carbocycles. The van der Waals surface area contributed by atoms with E-state index in [1.807, 2.05) is 0 Å². The molecule has 2 aliphatic rings. The molecule has 0 heterocycles. The zero-order valence-electron chi connectivity index (χ0n) is 13.2. The first-order valence-electron chi connectivity index (χ1n) is 8.35. The van der Waals surface area contributed by atoms with Crippen LogP contribution in [0.5, 0.6) is 0 Å². The third-order valence-electron chi connectivity index (χ3n) is 4.60. The van der Waals surface area contributed by atoms with Gasteiger partial charge >= 0.3 is 0 Å². The summed E-state index contributed by atoms with van der Waals surface area (Å²) in [6.07, 6.45) is 7.63. The highest BCUT2D eigenvalue weighted by molar-refractivity contribution is 4.82. The lowest BCUT2D eigenvalue weighted by molar-refractivity contribution is -0.0306. The summed E-state index contributed by atoms with van der Waals surface area (Å²) >= 11 is 0. The number of aliphatic hydroxyl groups is 1. The van der Waals surface area contributed by atoms with Crippen molar-refractivity contribution < 1.29 is 9.84 Å². The van der Waals surface area contributed by atoms with E-state index in [9.17, 15) is 5.11 Å². The van der Waals surface area contributed by atoms with Crippen molar-refractivity contribution in [2.24, 2.45) is 5.92 Å². The van der Waals surface area contributed by atoms with Gasteiger partial charge in [-0.2, -0.15) is 0 Å². The van der Waals surface area contributed by atoms with Gasteiger partial charge in [-0.3, -0.25) is 0 Å². The van der Waals surface area contributed by atoms with Crippen LogP contribution < -0.4 is 5.32 Å². The minimum Gasteiger partial charge on any atom is -0.389 e. The van der Waals surface area contributed by atoms with Crippen LogP contribution in [0.3, 0.4) is 0 Å². The van der Waals surface area contributed by atoms with Crippen molar-refractivity contribution in [3.05, 3.63) is 0 Å². The van der Waals surface area contributed by atoms with Crippen molar-refractivity contribution in [2.45, 2.75) is 63.7 Å². The van der Waals surface area contributed by atoms with E-state index < -0.39 is 0 Å². The average Bonchev–Trinajstić information content (AvgIpc) is 3.26. The lowest BCUT2D eigenvalue weighted by atomic mass is 9.89. The molecule has 4 heteroatoms. The highest BCUT2D eigenvalue weighted by Crippen LogP contribution is 2.26. The van der Waals surface area contributed by atoms with Crippen LogP contribution >= 0.6 is 0 Å². The molecule has 0 radical (unpaired) electrons. The summed E-state index contributed by atoms with van der Waals surface area (Å²) in [4.78, 5) is 2.40. The Kier molecular flexibility index (Phi) is 6.75. The van der Waals surface area contributed by atoms with Crippen molar-refractivity contribution in [3.8, 4) is 0 Å². The molecule has 2 N–H and O–H groups in total. The number of aliphatic hydroxyl groups excluding tert-OH is 1. The second-order valence-electron chi connectivity index (χ2n) is 6.80. The molecule has 2 saturated carbocycles. The summed E-state index contributed by atoms with van der Waals surface area (Å²) in [6.45, 7) is 5.43. The molecule has 0 amide bonds. The Morgan fingerprint density at radius 2 is 2.10 bits per heavy atom. The van der Waals surface area contributed by atoms with Crippen LogP contribution in [0.4, 0.5) is 0 Å². The van der Waals surface area contributed by atoms with E-state index in [0.29, 0.717) is 19.3 Å². The highest BCUT2D eigenvalue weighted by atomic mass is 16.5. The van der Waals surface area contributed by atoms with Gasteiger partial charge in [0.05, 0.1) is 18.8 Å². The quantitative estimate of drug-likeness (QED) is 0.632. The molecule has 0 aromatic rings. The standard InChI is InChI=1S/C16H32N2O2/c1-13-4-3-5-16(10-13)20-12-15(19)11-17-8-9-18(2)14-6-7-14/h13-17,19H,3-12H2,1-2H3. The van der Waals surface area contributed by atoms with E-state index in [1.54, 1.807) is 0 Å². The lowest BCUT2D eigenvalue weighted by Gasteiger charge is -2.27. The van der Waals surface area contributed by atoms with Crippen molar-refractivity contribution >= 4 is 0 Å². The van der Waals surface area contributed by atoms with Gasteiger partial charge in [0.15, 0.2) is 0 Å². The van der Waals surface area contributed by atoms with Gasteiger partial charge < -0.3 is 20.1 Å². The zero-order valence-corrected chi connectivity index (χ0v) is 13.2. The molecular weight excluding hydrogens is 252 g/mol. The number of ether oxygens (including phenoxy) is 1. The number of nitrogens with zero attached hydrogens (tertiary/aromatic N) is 1. The topological polar surface area (TPSA) is 44.7 Å². The molecule has 0 saturated heterocycles. The third-order valence-corrected chi connectivity index (χ3v) is 4.60. The Bertz CT molecular complexity index is 271. The van der Waals surface area contributed by atoms with Crippen molar-refractivity contribution in [3.63, 3.8) is 0 Å². The van der Waals surface area contributed by atoms with Crippen molar-refractivity contribution in [1.29, 1.82) is 0 Å². The molecule has 3 atom stereocenters. The fourth-order valence-corrected chi connectivity index (χ4v) is 3.06. The maximum absolute atomic E-state index is 9.93. The number of rotatable bonds is 9. The Morgan fingerprint density at radius 1 is 1.30 bits per heavy atom. The molecule has 0 spiro atoms. The number of likely N-dealkylation sites (N-methyl/N-ethyl adjacent to an activating group) is 1. The Balaban J connectivity index is 1.46. The van der Waals surface area contributed by atoms with Gasteiger partial charge in [0.2, 0.25) is 0 Å². The first kappa shape index (κ1) is 16.2. The molecule has 0 aromatic heterocycles. The van der Waals surface area contributed by atoms with Crippen LogP contribution in [0.1, 0.15) is 45.4 Å². The van der Waals surface area contributed by atoms with Gasteiger partial charge in [-0.25, -0.2) is 0 Å². The second-order valence-corrected chi connectivity index (χ2v) is 6.80. The third kappa shape index (κ3) is 6.08. The van der Waals surface area contributed by atoms with Crippen molar-refractivity contribution in [1.82, 2.24) is 10.2 Å². The van der Waals surface area contributed by atoms with Gasteiger partial charge in [0.1, 0.15) is 0 Å². The number of hydrogen-bond donors (Lipinski definition) is 2. The maximum Gasteiger partial charge on any atom is 0.0897 e. The Morgan fingerprint density at radius 3 is 2.80 bits per heavy atom. The van der Waals surface area contributed by atoms with Crippen LogP contribution in [-0.4, -0.2) is 61.5 Å². The molecule has 4 nitrogen and oxygen atoms in total. The molecule has 118 valence electrons. The fourth-order valence-electron chi connectivity index (χ4n) is 3.06. The first-order chi connectivity index (χ1) is 9.65. The second kappa shape index (κ2) is 8.32. The molecule has 0 bridgehead atoms. The van der Waals surface area contributed by atoms with Crippen LogP contribution in [0.15, 0.2) is 0 Å². The summed E-state index contributed by atoms with van der Waals surface area (Å²) in [6, 6.07) is 0.818. The molecular formula is C16H32N2O2. The fraction of sp³-hybridized carbons (Fsp3) is 1.00. The van der Waals surface area contributed by atoms with Crippen LogP contribution in [0.2, 0.25) is 0 Å². The summed E-state index contributed by atoms with van der Waals surface area (Å²) in [7, 11) is 2.18. The summed E-state index contributed by atoms with van der Waals surface area (Å²) in [5, 5.41) is 13.3. The number of nitrogens with one attached hydrogen (secondary N) is 1. The Labute approximate surface area is 123 Å². The van der Waals surface area contributed by atoms with E-state index >= 15 is 0 Å². The predicted molar refractivity (Wildman–Crippen MR) is 81.9 cm³/mol. The number of hydrogen-bond acceptors (Lipinski definition) is 4. The van der Waals surface area contributed by atoms with E-state index in [1.165, 1.54) is 25.7 Å². The van der Waals surface area contributed by atoms with Crippen molar-refractivity contribution in [2.75, 3.05) is 33.3 Å². The molecule has 0 aliphatic heterocycles. The maximum atomic E-state index is 9.93. The molecule has 2 fully saturated rings. The highest BCUT2D eigenvalue weighted by Gasteiger charge is 2.25. The minimum atomic E-state index is -0.376. The van der Waals surface area contributed by atoms with Crippen LogP contribution in [-0.2, 0) is 4.74 Å². The first-order valence-corrected chi connectivity index (χ1v) is 8.35. The lowest BCUT2D eigenvalue weighted by Crippen LogP contribution is -2.37.